The van der Waals surface area contributed by atoms with Gasteiger partial charge in [0.2, 0.25) is 10.0 Å². The Morgan fingerprint density at radius 3 is 2.33 bits per heavy atom. The second-order valence-electron chi connectivity index (χ2n) is 7.03. The molecule has 1 saturated carbocycles. The van der Waals surface area contributed by atoms with Crippen LogP contribution in [0.25, 0.3) is 0 Å². The van der Waals surface area contributed by atoms with Crippen LogP contribution in [0.4, 0.5) is 0 Å². The van der Waals surface area contributed by atoms with Gasteiger partial charge in [-0.15, -0.1) is 0 Å². The third-order valence-electron chi connectivity index (χ3n) is 5.02. The number of benzene rings is 1. The van der Waals surface area contributed by atoms with E-state index in [-0.39, 0.29) is 23.5 Å². The molecule has 8 heteroatoms. The van der Waals surface area contributed by atoms with E-state index < -0.39 is 10.0 Å². The molecule has 0 unspecified atom stereocenters. The maximum Gasteiger partial charge on any atom is 0.258 e. The van der Waals surface area contributed by atoms with E-state index in [0.717, 1.165) is 25.7 Å². The van der Waals surface area contributed by atoms with E-state index in [4.69, 9.17) is 9.47 Å². The maximum absolute atomic E-state index is 12.6. The van der Waals surface area contributed by atoms with E-state index >= 15 is 0 Å². The van der Waals surface area contributed by atoms with Crippen molar-refractivity contribution in [2.75, 3.05) is 32.9 Å². The molecule has 1 aromatic rings. The Bertz CT molecular complexity index is 706. The molecule has 2 aliphatic rings. The second-order valence-corrected chi connectivity index (χ2v) is 8.97. The summed E-state index contributed by atoms with van der Waals surface area (Å²) in [7, 11) is -3.51. The molecule has 0 spiro atoms. The average Bonchev–Trinajstić information content (AvgIpc) is 2.96. The molecule has 1 amide bonds. The van der Waals surface area contributed by atoms with E-state index in [9.17, 15) is 13.2 Å². The summed E-state index contributed by atoms with van der Waals surface area (Å²) in [6, 6.07) is 6.45. The van der Waals surface area contributed by atoms with Gasteiger partial charge in [-0.3, -0.25) is 4.79 Å². The maximum atomic E-state index is 12.6. The Labute approximate surface area is 161 Å². The second kappa shape index (κ2) is 9.52. The summed E-state index contributed by atoms with van der Waals surface area (Å²) in [6.45, 7) is 1.49. The summed E-state index contributed by atoms with van der Waals surface area (Å²) in [5.74, 6) is 0.346. The van der Waals surface area contributed by atoms with E-state index in [1.54, 1.807) is 12.1 Å². The highest BCUT2D eigenvalue weighted by Gasteiger charge is 2.26. The van der Waals surface area contributed by atoms with Gasteiger partial charge >= 0.3 is 0 Å². The van der Waals surface area contributed by atoms with Crippen molar-refractivity contribution in [3.05, 3.63) is 24.3 Å². The molecule has 1 aromatic carbocycles. The van der Waals surface area contributed by atoms with Crippen LogP contribution in [0.15, 0.2) is 29.2 Å². The van der Waals surface area contributed by atoms with Crippen LogP contribution >= 0.6 is 0 Å². The third-order valence-corrected chi connectivity index (χ3v) is 6.93. The van der Waals surface area contributed by atoms with Crippen molar-refractivity contribution in [1.29, 1.82) is 0 Å². The minimum atomic E-state index is -3.51. The molecule has 1 saturated heterocycles. The Morgan fingerprint density at radius 1 is 1.07 bits per heavy atom. The van der Waals surface area contributed by atoms with Gasteiger partial charge in [0, 0.05) is 19.1 Å². The fourth-order valence-electron chi connectivity index (χ4n) is 3.49. The summed E-state index contributed by atoms with van der Waals surface area (Å²) < 4.78 is 37.3. The van der Waals surface area contributed by atoms with Crippen LogP contribution < -0.4 is 10.1 Å². The number of carbonyl (C=O) groups is 1. The van der Waals surface area contributed by atoms with Crippen LogP contribution in [0.2, 0.25) is 0 Å². The molecule has 1 aliphatic carbocycles. The summed E-state index contributed by atoms with van der Waals surface area (Å²) in [5.41, 5.74) is 0. The molecule has 1 N–H and O–H groups in total. The van der Waals surface area contributed by atoms with Gasteiger partial charge in [-0.25, -0.2) is 8.42 Å². The minimum absolute atomic E-state index is 0.0634. The molecule has 0 bridgehead atoms. The van der Waals surface area contributed by atoms with Crippen molar-refractivity contribution in [3.63, 3.8) is 0 Å². The topological polar surface area (TPSA) is 84.9 Å². The third kappa shape index (κ3) is 5.67. The number of amides is 1. The lowest BCUT2D eigenvalue weighted by Crippen LogP contribution is -2.40. The van der Waals surface area contributed by atoms with Gasteiger partial charge < -0.3 is 14.8 Å². The number of carbonyl (C=O) groups excluding carboxylic acids is 1. The van der Waals surface area contributed by atoms with Crippen molar-refractivity contribution >= 4 is 15.9 Å². The van der Waals surface area contributed by atoms with Gasteiger partial charge in [0.05, 0.1) is 18.1 Å². The van der Waals surface area contributed by atoms with Crippen LogP contribution in [0.5, 0.6) is 5.75 Å². The monoisotopic (exact) mass is 396 g/mol. The first-order valence-corrected chi connectivity index (χ1v) is 11.1. The van der Waals surface area contributed by atoms with Crippen molar-refractivity contribution in [2.45, 2.75) is 49.5 Å². The van der Waals surface area contributed by atoms with Crippen molar-refractivity contribution in [3.8, 4) is 5.75 Å². The zero-order valence-electron chi connectivity index (χ0n) is 15.6. The molecular weight excluding hydrogens is 368 g/mol. The summed E-state index contributed by atoms with van der Waals surface area (Å²) in [5, 5.41) is 3.03. The number of nitrogens with one attached hydrogen (secondary N) is 1. The fraction of sp³-hybridized carbons (Fsp3) is 0.632. The lowest BCUT2D eigenvalue weighted by molar-refractivity contribution is -0.123. The van der Waals surface area contributed by atoms with Gasteiger partial charge in [-0.05, 0) is 37.1 Å². The first-order valence-electron chi connectivity index (χ1n) is 9.66. The highest BCUT2D eigenvalue weighted by atomic mass is 32.2. The standard InChI is InChI=1S/C19H28N2O5S/c22-19(20-16-5-3-1-2-4-6-16)15-26-17-7-9-18(10-8-17)27(23,24)21-11-13-25-14-12-21/h7-10,16H,1-6,11-15H2,(H,20,22). The number of hydrogen-bond acceptors (Lipinski definition) is 5. The van der Waals surface area contributed by atoms with E-state index in [1.165, 1.54) is 29.3 Å². The molecule has 1 aliphatic heterocycles. The van der Waals surface area contributed by atoms with Gasteiger partial charge in [-0.2, -0.15) is 4.31 Å². The largest absolute Gasteiger partial charge is 0.484 e. The van der Waals surface area contributed by atoms with Crippen LogP contribution in [0, 0.1) is 0 Å². The molecular formula is C19H28N2O5S. The Kier molecular flexibility index (Phi) is 7.09. The molecule has 3 rings (SSSR count). The van der Waals surface area contributed by atoms with Gasteiger partial charge in [0.1, 0.15) is 5.75 Å². The molecule has 150 valence electrons. The fourth-order valence-corrected chi connectivity index (χ4v) is 4.89. The van der Waals surface area contributed by atoms with Crippen LogP contribution in [-0.4, -0.2) is 57.6 Å². The van der Waals surface area contributed by atoms with Gasteiger partial charge in [0.15, 0.2) is 6.61 Å². The molecule has 0 radical (unpaired) electrons. The number of ether oxygens (including phenoxy) is 2. The molecule has 1 heterocycles. The molecule has 2 fully saturated rings. The summed E-state index contributed by atoms with van der Waals surface area (Å²) in [6.07, 6.45) is 6.85. The van der Waals surface area contributed by atoms with Crippen molar-refractivity contribution in [2.24, 2.45) is 0 Å². The zero-order chi connectivity index (χ0) is 19.1. The quantitative estimate of drug-likeness (QED) is 0.743. The van der Waals surface area contributed by atoms with Crippen LogP contribution in [0.3, 0.4) is 0 Å². The smallest absolute Gasteiger partial charge is 0.258 e. The van der Waals surface area contributed by atoms with Crippen LogP contribution in [0.1, 0.15) is 38.5 Å². The number of rotatable bonds is 6. The number of sulfonamides is 1. The van der Waals surface area contributed by atoms with E-state index in [2.05, 4.69) is 5.32 Å². The molecule has 27 heavy (non-hydrogen) atoms. The lowest BCUT2D eigenvalue weighted by Gasteiger charge is -2.26. The highest BCUT2D eigenvalue weighted by Crippen LogP contribution is 2.21. The van der Waals surface area contributed by atoms with E-state index in [0.29, 0.717) is 32.1 Å². The van der Waals surface area contributed by atoms with Gasteiger partial charge in [-0.1, -0.05) is 25.7 Å². The molecule has 7 nitrogen and oxygen atoms in total. The summed E-state index contributed by atoms with van der Waals surface area (Å²) in [4.78, 5) is 12.3. The van der Waals surface area contributed by atoms with Gasteiger partial charge in [0.25, 0.3) is 5.91 Å². The van der Waals surface area contributed by atoms with E-state index in [1.807, 2.05) is 0 Å². The number of nitrogens with zero attached hydrogens (tertiary/aromatic N) is 1. The normalized spacial score (nSPS) is 20.0. The zero-order valence-corrected chi connectivity index (χ0v) is 16.4. The predicted molar refractivity (Wildman–Crippen MR) is 101 cm³/mol. The minimum Gasteiger partial charge on any atom is -0.484 e. The predicted octanol–water partition coefficient (Wildman–Crippen LogP) is 1.93. The Morgan fingerprint density at radius 2 is 1.70 bits per heavy atom. The van der Waals surface area contributed by atoms with Crippen molar-refractivity contribution in [1.82, 2.24) is 9.62 Å². The Hall–Kier alpha value is -1.64. The first kappa shape index (κ1) is 20.1. The Balaban J connectivity index is 1.50. The number of hydrogen-bond donors (Lipinski definition) is 1. The molecule has 0 atom stereocenters. The van der Waals surface area contributed by atoms with Crippen LogP contribution in [-0.2, 0) is 19.6 Å². The highest BCUT2D eigenvalue weighted by molar-refractivity contribution is 7.89. The first-order chi connectivity index (χ1) is 13.1. The summed E-state index contributed by atoms with van der Waals surface area (Å²) >= 11 is 0. The lowest BCUT2D eigenvalue weighted by atomic mass is 10.1. The molecule has 0 aromatic heterocycles. The number of morpholine rings is 1. The SMILES string of the molecule is O=C(COc1ccc(S(=O)(=O)N2CCOCC2)cc1)NC1CCCCCC1. The average molecular weight is 397 g/mol. The van der Waals surface area contributed by atoms with Crippen molar-refractivity contribution < 1.29 is 22.7 Å².